The molecular formula is C20H32O4. The topological polar surface area (TPSA) is 77.8 Å². The fraction of sp³-hybridized carbons (Fsp3) is 0.550. The molecule has 2 atom stereocenters. The molecule has 0 aliphatic carbocycles. The van der Waals surface area contributed by atoms with Crippen molar-refractivity contribution in [3.63, 3.8) is 0 Å². The molecule has 0 saturated carbocycles. The van der Waals surface area contributed by atoms with Gasteiger partial charge in [-0.3, -0.25) is 4.79 Å². The first-order chi connectivity index (χ1) is 11.6. The van der Waals surface area contributed by atoms with Gasteiger partial charge < -0.3 is 15.3 Å². The highest BCUT2D eigenvalue weighted by Crippen LogP contribution is 2.03. The van der Waals surface area contributed by atoms with Crippen molar-refractivity contribution >= 4 is 5.97 Å². The Morgan fingerprint density at radius 1 is 0.917 bits per heavy atom. The molecule has 0 aromatic rings. The van der Waals surface area contributed by atoms with Gasteiger partial charge in [-0.25, -0.2) is 0 Å². The van der Waals surface area contributed by atoms with Gasteiger partial charge in [-0.2, -0.15) is 0 Å². The highest BCUT2D eigenvalue weighted by molar-refractivity contribution is 5.66. The number of aliphatic hydroxyl groups excluding tert-OH is 2. The largest absolute Gasteiger partial charge is 0.481 e. The number of carbonyl (C=O) groups is 1. The van der Waals surface area contributed by atoms with Crippen LogP contribution in [0.25, 0.3) is 0 Å². The van der Waals surface area contributed by atoms with Crippen molar-refractivity contribution < 1.29 is 20.1 Å². The first-order valence-electron chi connectivity index (χ1n) is 8.80. The molecule has 4 heteroatoms. The first kappa shape index (κ1) is 22.4. The van der Waals surface area contributed by atoms with E-state index in [4.69, 9.17) is 5.11 Å². The van der Waals surface area contributed by atoms with Gasteiger partial charge in [-0.05, 0) is 32.1 Å². The maximum Gasteiger partial charge on any atom is 0.303 e. The molecule has 4 nitrogen and oxygen atoms in total. The molecule has 0 aliphatic heterocycles. The number of carboxylic acid groups (broad SMARTS) is 1. The molecular weight excluding hydrogens is 304 g/mol. The Kier molecular flexibility index (Phi) is 15.1. The second kappa shape index (κ2) is 16.2. The average molecular weight is 336 g/mol. The lowest BCUT2D eigenvalue weighted by Gasteiger charge is -2.02. The van der Waals surface area contributed by atoms with Crippen LogP contribution in [-0.4, -0.2) is 33.5 Å². The summed E-state index contributed by atoms with van der Waals surface area (Å²) in [6.45, 7) is 2.18. The van der Waals surface area contributed by atoms with Gasteiger partial charge in [0.1, 0.15) is 0 Å². The van der Waals surface area contributed by atoms with Crippen molar-refractivity contribution in [3.8, 4) is 0 Å². The van der Waals surface area contributed by atoms with Gasteiger partial charge in [0, 0.05) is 6.42 Å². The smallest absolute Gasteiger partial charge is 0.303 e. The standard InChI is InChI=1S/C20H32O4/c1-2-3-4-5-6-9-13-18(21)14-10-7-8-11-15-19(22)16-12-17-20(23)24/h6-11,14-15,18-19,21-22H,2-5,12-13,16-17H2,1H3,(H,23,24)/b8-7+,9-6-,14-10+,15-11-/t18?,19-/m1/s1. The molecule has 1 unspecified atom stereocenters. The van der Waals surface area contributed by atoms with E-state index < -0.39 is 18.2 Å². The summed E-state index contributed by atoms with van der Waals surface area (Å²) in [5, 5.41) is 27.9. The van der Waals surface area contributed by atoms with Crippen LogP contribution < -0.4 is 0 Å². The van der Waals surface area contributed by atoms with E-state index >= 15 is 0 Å². The monoisotopic (exact) mass is 336 g/mol. The normalized spacial score (nSPS) is 15.1. The van der Waals surface area contributed by atoms with E-state index in [0.29, 0.717) is 19.3 Å². The predicted octanol–water partition coefficient (Wildman–Crippen LogP) is 4.16. The summed E-state index contributed by atoms with van der Waals surface area (Å²) in [5.74, 6) is -0.842. The summed E-state index contributed by atoms with van der Waals surface area (Å²) in [4.78, 5) is 10.3. The zero-order chi connectivity index (χ0) is 18.0. The molecule has 0 aliphatic rings. The van der Waals surface area contributed by atoms with Gasteiger partial charge in [-0.1, -0.05) is 68.4 Å². The number of hydrogen-bond acceptors (Lipinski definition) is 3. The zero-order valence-corrected chi connectivity index (χ0v) is 14.7. The number of aliphatic carboxylic acids is 1. The van der Waals surface area contributed by atoms with Crippen molar-refractivity contribution in [1.82, 2.24) is 0 Å². The lowest BCUT2D eigenvalue weighted by Crippen LogP contribution is -2.03. The molecule has 0 spiro atoms. The number of carboxylic acids is 1. The van der Waals surface area contributed by atoms with Crippen LogP contribution in [0, 0.1) is 0 Å². The quantitative estimate of drug-likeness (QED) is 0.253. The molecule has 0 fully saturated rings. The molecule has 136 valence electrons. The minimum absolute atomic E-state index is 0.0778. The molecule has 0 amide bonds. The summed E-state index contributed by atoms with van der Waals surface area (Å²) in [5.41, 5.74) is 0. The molecule has 0 aromatic carbocycles. The van der Waals surface area contributed by atoms with Crippen molar-refractivity contribution in [2.45, 2.75) is 70.5 Å². The Labute approximate surface area is 145 Å². The molecule has 24 heavy (non-hydrogen) atoms. The second-order valence-corrected chi connectivity index (χ2v) is 5.78. The number of rotatable bonds is 14. The summed E-state index contributed by atoms with van der Waals surface area (Å²) < 4.78 is 0. The Morgan fingerprint density at radius 3 is 2.21 bits per heavy atom. The third kappa shape index (κ3) is 16.7. The van der Waals surface area contributed by atoms with E-state index in [-0.39, 0.29) is 6.42 Å². The van der Waals surface area contributed by atoms with Crippen LogP contribution in [-0.2, 0) is 4.79 Å². The Morgan fingerprint density at radius 2 is 1.58 bits per heavy atom. The number of aliphatic hydroxyl groups is 2. The van der Waals surface area contributed by atoms with Gasteiger partial charge in [0.15, 0.2) is 0 Å². The lowest BCUT2D eigenvalue weighted by molar-refractivity contribution is -0.137. The van der Waals surface area contributed by atoms with Gasteiger partial charge in [-0.15, -0.1) is 0 Å². The fourth-order valence-electron chi connectivity index (χ4n) is 2.02. The molecule has 0 heterocycles. The minimum atomic E-state index is -0.842. The molecule has 0 aromatic heterocycles. The predicted molar refractivity (Wildman–Crippen MR) is 98.8 cm³/mol. The van der Waals surface area contributed by atoms with Crippen LogP contribution in [0.5, 0.6) is 0 Å². The van der Waals surface area contributed by atoms with Gasteiger partial charge in [0.2, 0.25) is 0 Å². The molecule has 0 saturated heterocycles. The van der Waals surface area contributed by atoms with Gasteiger partial charge in [0.25, 0.3) is 0 Å². The number of allylic oxidation sites excluding steroid dienone is 5. The van der Waals surface area contributed by atoms with Gasteiger partial charge in [0.05, 0.1) is 12.2 Å². The van der Waals surface area contributed by atoms with Gasteiger partial charge >= 0.3 is 5.97 Å². The van der Waals surface area contributed by atoms with E-state index in [1.807, 2.05) is 6.08 Å². The van der Waals surface area contributed by atoms with E-state index in [0.717, 1.165) is 6.42 Å². The molecule has 0 radical (unpaired) electrons. The van der Waals surface area contributed by atoms with Crippen LogP contribution in [0.2, 0.25) is 0 Å². The minimum Gasteiger partial charge on any atom is -0.481 e. The van der Waals surface area contributed by atoms with Crippen molar-refractivity contribution in [2.24, 2.45) is 0 Å². The lowest BCUT2D eigenvalue weighted by atomic mass is 10.1. The zero-order valence-electron chi connectivity index (χ0n) is 14.7. The summed E-state index contributed by atoms with van der Waals surface area (Å²) in [6.07, 6.45) is 19.8. The van der Waals surface area contributed by atoms with E-state index in [2.05, 4.69) is 13.0 Å². The van der Waals surface area contributed by atoms with Crippen LogP contribution >= 0.6 is 0 Å². The second-order valence-electron chi connectivity index (χ2n) is 5.78. The van der Waals surface area contributed by atoms with Crippen LogP contribution in [0.4, 0.5) is 0 Å². The Balaban J connectivity index is 3.81. The maximum absolute atomic E-state index is 10.3. The highest BCUT2D eigenvalue weighted by atomic mass is 16.4. The van der Waals surface area contributed by atoms with Crippen LogP contribution in [0.1, 0.15) is 58.3 Å². The van der Waals surface area contributed by atoms with E-state index in [1.165, 1.54) is 19.3 Å². The van der Waals surface area contributed by atoms with E-state index in [1.54, 1.807) is 36.5 Å². The summed E-state index contributed by atoms with van der Waals surface area (Å²) in [7, 11) is 0. The maximum atomic E-state index is 10.3. The molecule has 0 rings (SSSR count). The van der Waals surface area contributed by atoms with Crippen LogP contribution in [0.3, 0.4) is 0 Å². The average Bonchev–Trinajstić information content (AvgIpc) is 2.53. The SMILES string of the molecule is CCCCC/C=C\CC(O)/C=C/C=C/C=C\[C@@H](O)CCCC(=O)O. The van der Waals surface area contributed by atoms with Crippen molar-refractivity contribution in [2.75, 3.05) is 0 Å². The number of unbranched alkanes of at least 4 members (excludes halogenated alkanes) is 3. The highest BCUT2D eigenvalue weighted by Gasteiger charge is 2.01. The molecule has 3 N–H and O–H groups in total. The summed E-state index contributed by atoms with van der Waals surface area (Å²) in [6, 6.07) is 0. The molecule has 0 bridgehead atoms. The summed E-state index contributed by atoms with van der Waals surface area (Å²) >= 11 is 0. The third-order valence-electron chi connectivity index (χ3n) is 3.41. The fourth-order valence-corrected chi connectivity index (χ4v) is 2.02. The van der Waals surface area contributed by atoms with Crippen molar-refractivity contribution in [1.29, 1.82) is 0 Å². The Bertz CT molecular complexity index is 421. The van der Waals surface area contributed by atoms with Crippen LogP contribution in [0.15, 0.2) is 48.6 Å². The third-order valence-corrected chi connectivity index (χ3v) is 3.41. The number of hydrogen-bond donors (Lipinski definition) is 3. The van der Waals surface area contributed by atoms with E-state index in [9.17, 15) is 15.0 Å². The van der Waals surface area contributed by atoms with Crippen molar-refractivity contribution in [3.05, 3.63) is 48.6 Å². The first-order valence-corrected chi connectivity index (χ1v) is 8.80. The Hall–Kier alpha value is -1.65.